The number of hydrogen-bond acceptors (Lipinski definition) is 3. The number of aryl methyl sites for hydroxylation is 1. The predicted molar refractivity (Wildman–Crippen MR) is 65.6 cm³/mol. The second-order valence-corrected chi connectivity index (χ2v) is 4.59. The van der Waals surface area contributed by atoms with E-state index in [1.54, 1.807) is 6.26 Å². The van der Waals surface area contributed by atoms with E-state index in [2.05, 4.69) is 11.1 Å². The van der Waals surface area contributed by atoms with Crippen LogP contribution in [0, 0.1) is 0 Å². The van der Waals surface area contributed by atoms with Gasteiger partial charge in [0.25, 0.3) is 0 Å². The maximum absolute atomic E-state index is 6.30. The molecule has 0 amide bonds. The first-order chi connectivity index (χ1) is 8.36. The van der Waals surface area contributed by atoms with E-state index >= 15 is 0 Å². The lowest BCUT2D eigenvalue weighted by Crippen LogP contribution is -2.24. The summed E-state index contributed by atoms with van der Waals surface area (Å²) in [5.74, 6) is 1.14. The molecule has 0 radical (unpaired) electrons. The van der Waals surface area contributed by atoms with Gasteiger partial charge >= 0.3 is 0 Å². The lowest BCUT2D eigenvalue weighted by atomic mass is 9.81. The molecule has 3 nitrogen and oxygen atoms in total. The highest BCUT2D eigenvalue weighted by Crippen LogP contribution is 2.37. The van der Waals surface area contributed by atoms with Crippen LogP contribution in [0.1, 0.15) is 41.8 Å². The van der Waals surface area contributed by atoms with Gasteiger partial charge in [-0.05, 0) is 43.0 Å². The van der Waals surface area contributed by atoms with Gasteiger partial charge in [0.05, 0.1) is 12.3 Å². The first kappa shape index (κ1) is 10.5. The molecule has 3 rings (SSSR count). The number of hydrogen-bond donors (Lipinski definition) is 1. The minimum absolute atomic E-state index is 0.0843. The summed E-state index contributed by atoms with van der Waals surface area (Å²) in [6, 6.07) is 7.90. The third-order valence-corrected chi connectivity index (χ3v) is 3.54. The lowest BCUT2D eigenvalue weighted by molar-refractivity contribution is 0.390. The summed E-state index contributed by atoms with van der Waals surface area (Å²) in [5.41, 5.74) is 8.79. The van der Waals surface area contributed by atoms with Crippen molar-refractivity contribution in [3.8, 4) is 0 Å². The average molecular weight is 228 g/mol. The van der Waals surface area contributed by atoms with Gasteiger partial charge in [-0.15, -0.1) is 0 Å². The van der Waals surface area contributed by atoms with Crippen LogP contribution < -0.4 is 5.73 Å². The van der Waals surface area contributed by atoms with E-state index in [9.17, 15) is 0 Å². The van der Waals surface area contributed by atoms with Gasteiger partial charge in [0.15, 0.2) is 0 Å². The Morgan fingerprint density at radius 1 is 1.35 bits per heavy atom. The van der Waals surface area contributed by atoms with Gasteiger partial charge in [0.2, 0.25) is 0 Å². The third-order valence-electron chi connectivity index (χ3n) is 3.54. The molecule has 1 aliphatic rings. The molecule has 2 N–H and O–H groups in total. The van der Waals surface area contributed by atoms with Gasteiger partial charge < -0.3 is 10.2 Å². The summed E-state index contributed by atoms with van der Waals surface area (Å²) in [6.45, 7) is 0. The van der Waals surface area contributed by atoms with E-state index < -0.39 is 0 Å². The van der Waals surface area contributed by atoms with Crippen LogP contribution in [0.25, 0.3) is 0 Å². The largest absolute Gasteiger partial charge is 0.468 e. The van der Waals surface area contributed by atoms with Crippen LogP contribution >= 0.6 is 0 Å². The molecule has 3 heteroatoms. The maximum Gasteiger partial charge on any atom is 0.121 e. The van der Waals surface area contributed by atoms with Crippen molar-refractivity contribution >= 4 is 0 Å². The highest BCUT2D eigenvalue weighted by molar-refractivity contribution is 5.28. The Balaban J connectivity index is 1.95. The summed E-state index contributed by atoms with van der Waals surface area (Å²) >= 11 is 0. The number of pyridine rings is 1. The highest BCUT2D eigenvalue weighted by Gasteiger charge is 2.28. The number of aromatic nitrogens is 1. The standard InChI is InChI=1S/C14H16N2O/c15-13(12-7-3-9-17-12)11-6-1-4-10-5-2-8-16-14(10)11/h2-3,5,7-9,11,13H,1,4,6,15H2. The van der Waals surface area contributed by atoms with Crippen molar-refractivity contribution in [1.82, 2.24) is 4.98 Å². The zero-order chi connectivity index (χ0) is 11.7. The molecule has 2 aromatic heterocycles. The Morgan fingerprint density at radius 2 is 2.29 bits per heavy atom. The monoisotopic (exact) mass is 228 g/mol. The van der Waals surface area contributed by atoms with E-state index in [-0.39, 0.29) is 12.0 Å². The van der Waals surface area contributed by atoms with Crippen LogP contribution in [0.3, 0.4) is 0 Å². The third kappa shape index (κ3) is 1.87. The molecule has 2 heterocycles. The van der Waals surface area contributed by atoms with E-state index in [1.807, 2.05) is 24.4 Å². The number of fused-ring (bicyclic) bond motifs is 1. The van der Waals surface area contributed by atoms with Crippen molar-refractivity contribution in [2.75, 3.05) is 0 Å². The fourth-order valence-corrected chi connectivity index (χ4v) is 2.67. The Morgan fingerprint density at radius 3 is 3.12 bits per heavy atom. The van der Waals surface area contributed by atoms with Crippen molar-refractivity contribution in [3.05, 3.63) is 53.7 Å². The van der Waals surface area contributed by atoms with Crippen molar-refractivity contribution in [2.45, 2.75) is 31.2 Å². The number of rotatable bonds is 2. The molecule has 88 valence electrons. The van der Waals surface area contributed by atoms with Gasteiger partial charge in [-0.1, -0.05) is 6.07 Å². The molecule has 0 bridgehead atoms. The van der Waals surface area contributed by atoms with E-state index in [1.165, 1.54) is 12.0 Å². The summed E-state index contributed by atoms with van der Waals surface area (Å²) in [4.78, 5) is 4.51. The fraction of sp³-hybridized carbons (Fsp3) is 0.357. The summed E-state index contributed by atoms with van der Waals surface area (Å²) in [7, 11) is 0. The molecule has 0 saturated heterocycles. The van der Waals surface area contributed by atoms with Crippen molar-refractivity contribution in [2.24, 2.45) is 5.73 Å². The Labute approximate surface area is 101 Å². The van der Waals surface area contributed by atoms with Gasteiger partial charge in [0.1, 0.15) is 5.76 Å². The van der Waals surface area contributed by atoms with Crippen LogP contribution in [0.15, 0.2) is 41.1 Å². The van der Waals surface area contributed by atoms with Crippen LogP contribution in [0.4, 0.5) is 0 Å². The van der Waals surface area contributed by atoms with E-state index in [4.69, 9.17) is 10.2 Å². The molecule has 0 spiro atoms. The zero-order valence-corrected chi connectivity index (χ0v) is 9.67. The molecule has 17 heavy (non-hydrogen) atoms. The SMILES string of the molecule is NC(c1ccco1)C1CCCc2cccnc21. The second-order valence-electron chi connectivity index (χ2n) is 4.59. The number of nitrogens with zero attached hydrogens (tertiary/aromatic N) is 1. The Bertz CT molecular complexity index is 493. The Hall–Kier alpha value is -1.61. The smallest absolute Gasteiger partial charge is 0.121 e. The molecule has 0 aliphatic heterocycles. The number of nitrogens with two attached hydrogens (primary N) is 1. The van der Waals surface area contributed by atoms with Crippen LogP contribution in [0.5, 0.6) is 0 Å². The minimum atomic E-state index is -0.0843. The predicted octanol–water partition coefficient (Wildman–Crippen LogP) is 2.79. The quantitative estimate of drug-likeness (QED) is 0.859. The summed E-state index contributed by atoms with van der Waals surface area (Å²) < 4.78 is 5.41. The van der Waals surface area contributed by atoms with Crippen molar-refractivity contribution in [3.63, 3.8) is 0 Å². The molecule has 0 saturated carbocycles. The molecule has 0 aromatic carbocycles. The molecular weight excluding hydrogens is 212 g/mol. The van der Waals surface area contributed by atoms with Crippen molar-refractivity contribution in [1.29, 1.82) is 0 Å². The van der Waals surface area contributed by atoms with Crippen LogP contribution in [0.2, 0.25) is 0 Å². The minimum Gasteiger partial charge on any atom is -0.468 e. The summed E-state index contributed by atoms with van der Waals surface area (Å²) in [6.07, 6.45) is 6.91. The zero-order valence-electron chi connectivity index (χ0n) is 9.67. The topological polar surface area (TPSA) is 52.0 Å². The maximum atomic E-state index is 6.30. The van der Waals surface area contributed by atoms with Gasteiger partial charge in [0, 0.05) is 17.8 Å². The van der Waals surface area contributed by atoms with Crippen molar-refractivity contribution < 1.29 is 4.42 Å². The Kier molecular flexibility index (Phi) is 2.69. The van der Waals surface area contributed by atoms with Crippen LogP contribution in [-0.4, -0.2) is 4.98 Å². The molecule has 2 atom stereocenters. The van der Waals surface area contributed by atoms with Crippen LogP contribution in [-0.2, 0) is 6.42 Å². The molecule has 2 unspecified atom stereocenters. The normalized spacial score (nSPS) is 20.9. The first-order valence-corrected chi connectivity index (χ1v) is 6.09. The van der Waals surface area contributed by atoms with E-state index in [0.717, 1.165) is 24.3 Å². The first-order valence-electron chi connectivity index (χ1n) is 6.09. The van der Waals surface area contributed by atoms with Gasteiger partial charge in [-0.3, -0.25) is 4.98 Å². The molecule has 1 aliphatic carbocycles. The second kappa shape index (κ2) is 4.34. The summed E-state index contributed by atoms with van der Waals surface area (Å²) in [5, 5.41) is 0. The molecular formula is C14H16N2O. The fourth-order valence-electron chi connectivity index (χ4n) is 2.67. The molecule has 2 aromatic rings. The van der Waals surface area contributed by atoms with Gasteiger partial charge in [-0.25, -0.2) is 0 Å². The number of furan rings is 1. The molecule has 0 fully saturated rings. The lowest BCUT2D eigenvalue weighted by Gasteiger charge is -2.27. The average Bonchev–Trinajstić information content (AvgIpc) is 2.91. The van der Waals surface area contributed by atoms with E-state index in [0.29, 0.717) is 0 Å². The van der Waals surface area contributed by atoms with Gasteiger partial charge in [-0.2, -0.15) is 0 Å². The highest BCUT2D eigenvalue weighted by atomic mass is 16.3.